The Morgan fingerprint density at radius 2 is 1.89 bits per heavy atom. The van der Waals surface area contributed by atoms with E-state index in [9.17, 15) is 4.79 Å². The summed E-state index contributed by atoms with van der Waals surface area (Å²) in [6.45, 7) is 6.44. The van der Waals surface area contributed by atoms with Gasteiger partial charge in [0.2, 0.25) is 0 Å². The molecule has 3 aromatic carbocycles. The van der Waals surface area contributed by atoms with Gasteiger partial charge in [-0.2, -0.15) is 9.78 Å². The topological polar surface area (TPSA) is 56.5 Å². The molecule has 35 heavy (non-hydrogen) atoms. The normalized spacial score (nSPS) is 12.4. The Morgan fingerprint density at radius 3 is 2.57 bits per heavy atom. The maximum atomic E-state index is 13.3. The number of rotatable bonds is 7. The third-order valence-electron chi connectivity index (χ3n) is 5.70. The van der Waals surface area contributed by atoms with Crippen molar-refractivity contribution in [3.63, 3.8) is 0 Å². The molecule has 0 unspecified atom stereocenters. The second-order valence-electron chi connectivity index (χ2n) is 8.39. The Bertz CT molecular complexity index is 1460. The van der Waals surface area contributed by atoms with Crippen LogP contribution in [0.2, 0.25) is 10.0 Å². The van der Waals surface area contributed by atoms with Gasteiger partial charge in [-0.3, -0.25) is 4.79 Å². The Balaban J connectivity index is 1.67. The molecule has 8 heteroatoms. The van der Waals surface area contributed by atoms with Crippen molar-refractivity contribution in [3.05, 3.63) is 102 Å². The fourth-order valence-electron chi connectivity index (χ4n) is 3.65. The van der Waals surface area contributed by atoms with Crippen molar-refractivity contribution < 1.29 is 4.74 Å². The monoisotopic (exact) mass is 571 g/mol. The molecule has 0 spiro atoms. The molecule has 1 aromatic heterocycles. The van der Waals surface area contributed by atoms with E-state index in [1.165, 1.54) is 4.68 Å². The smallest absolute Gasteiger partial charge is 0.282 e. The van der Waals surface area contributed by atoms with Crippen LogP contribution in [-0.4, -0.2) is 15.9 Å². The van der Waals surface area contributed by atoms with Crippen LogP contribution < -0.4 is 10.3 Å². The molecule has 1 atom stereocenters. The highest BCUT2D eigenvalue weighted by atomic mass is 79.9. The fourth-order valence-corrected chi connectivity index (χ4v) is 4.63. The third-order valence-corrected chi connectivity index (χ3v) is 6.75. The SMILES string of the molecule is CC[C@H](C)c1nc2ccc(Br)cc2c(=O)n1N=Cc1cc(Cl)c(OCc2cccc(C)c2)c(Cl)c1. The minimum Gasteiger partial charge on any atom is -0.486 e. The average Bonchev–Trinajstić information content (AvgIpc) is 2.82. The molecule has 0 N–H and O–H groups in total. The van der Waals surface area contributed by atoms with Crippen molar-refractivity contribution in [1.29, 1.82) is 0 Å². The highest BCUT2D eigenvalue weighted by molar-refractivity contribution is 9.10. The van der Waals surface area contributed by atoms with Crippen LogP contribution in [0.15, 0.2) is 69.0 Å². The van der Waals surface area contributed by atoms with Crippen LogP contribution in [0.3, 0.4) is 0 Å². The Labute approximate surface area is 222 Å². The minimum absolute atomic E-state index is 0.0393. The van der Waals surface area contributed by atoms with Crippen molar-refractivity contribution in [2.45, 2.75) is 39.7 Å². The number of aryl methyl sites for hydroxylation is 1. The molecule has 0 aliphatic heterocycles. The average molecular weight is 573 g/mol. The van der Waals surface area contributed by atoms with Gasteiger partial charge in [-0.25, -0.2) is 4.98 Å². The van der Waals surface area contributed by atoms with Crippen LogP contribution in [0, 0.1) is 6.92 Å². The molecule has 5 nitrogen and oxygen atoms in total. The summed E-state index contributed by atoms with van der Waals surface area (Å²) in [6, 6.07) is 16.9. The van der Waals surface area contributed by atoms with Gasteiger partial charge in [0.25, 0.3) is 5.56 Å². The van der Waals surface area contributed by atoms with E-state index in [-0.39, 0.29) is 11.5 Å². The standard InChI is InChI=1S/C27H24BrCl2N3O2/c1-4-17(3)26-32-24-9-8-20(28)13-21(24)27(34)33(26)31-14-19-11-22(29)25(23(30)12-19)35-15-18-7-5-6-16(2)10-18/h5-14,17H,4,15H2,1-3H3/t17-/m0/s1. The molecule has 4 aromatic rings. The zero-order chi connectivity index (χ0) is 25.1. The number of hydrogen-bond donors (Lipinski definition) is 0. The zero-order valence-electron chi connectivity index (χ0n) is 19.6. The molecule has 4 rings (SSSR count). The van der Waals surface area contributed by atoms with Crippen molar-refractivity contribution in [1.82, 2.24) is 9.66 Å². The lowest BCUT2D eigenvalue weighted by Crippen LogP contribution is -2.23. The van der Waals surface area contributed by atoms with Gasteiger partial charge in [-0.1, -0.05) is 82.8 Å². The molecule has 0 saturated heterocycles. The number of halogens is 3. The van der Waals surface area contributed by atoms with E-state index >= 15 is 0 Å². The van der Waals surface area contributed by atoms with Crippen LogP contribution in [0.25, 0.3) is 10.9 Å². The molecular formula is C27H24BrCl2N3O2. The van der Waals surface area contributed by atoms with E-state index in [0.29, 0.717) is 44.7 Å². The van der Waals surface area contributed by atoms with Crippen LogP contribution >= 0.6 is 39.1 Å². The lowest BCUT2D eigenvalue weighted by molar-refractivity contribution is 0.306. The van der Waals surface area contributed by atoms with E-state index in [1.807, 2.05) is 57.2 Å². The largest absolute Gasteiger partial charge is 0.486 e. The number of fused-ring (bicyclic) bond motifs is 1. The Kier molecular flexibility index (Phi) is 7.95. The summed E-state index contributed by atoms with van der Waals surface area (Å²) in [7, 11) is 0. The minimum atomic E-state index is -0.238. The summed E-state index contributed by atoms with van der Waals surface area (Å²) in [5.41, 5.74) is 3.21. The van der Waals surface area contributed by atoms with Crippen LogP contribution in [0.1, 0.15) is 48.7 Å². The van der Waals surface area contributed by atoms with Crippen LogP contribution in [0.5, 0.6) is 5.75 Å². The van der Waals surface area contributed by atoms with Gasteiger partial charge in [-0.05, 0) is 54.8 Å². The summed E-state index contributed by atoms with van der Waals surface area (Å²) < 4.78 is 8.05. The molecular weight excluding hydrogens is 549 g/mol. The van der Waals surface area contributed by atoms with Gasteiger partial charge in [-0.15, -0.1) is 0 Å². The number of ether oxygens (including phenoxy) is 1. The van der Waals surface area contributed by atoms with Crippen molar-refractivity contribution in [2.75, 3.05) is 0 Å². The quantitative estimate of drug-likeness (QED) is 0.213. The second kappa shape index (κ2) is 10.9. The first-order valence-electron chi connectivity index (χ1n) is 11.2. The molecule has 0 aliphatic rings. The molecule has 0 saturated carbocycles. The summed E-state index contributed by atoms with van der Waals surface area (Å²) in [4.78, 5) is 18.0. The summed E-state index contributed by atoms with van der Waals surface area (Å²) in [5, 5.41) is 5.69. The number of hydrogen-bond acceptors (Lipinski definition) is 4. The number of aromatic nitrogens is 2. The predicted octanol–water partition coefficient (Wildman–Crippen LogP) is 7.75. The van der Waals surface area contributed by atoms with Crippen LogP contribution in [0.4, 0.5) is 0 Å². The van der Waals surface area contributed by atoms with Gasteiger partial charge < -0.3 is 4.74 Å². The van der Waals surface area contributed by atoms with Gasteiger partial charge in [0.05, 0.1) is 27.2 Å². The highest BCUT2D eigenvalue weighted by Gasteiger charge is 2.16. The van der Waals surface area contributed by atoms with Gasteiger partial charge in [0.15, 0.2) is 5.75 Å². The van der Waals surface area contributed by atoms with Gasteiger partial charge in [0.1, 0.15) is 12.4 Å². The Hall–Kier alpha value is -2.67. The first kappa shape index (κ1) is 25.4. The number of nitrogens with zero attached hydrogens (tertiary/aromatic N) is 3. The molecule has 0 amide bonds. The molecule has 180 valence electrons. The van der Waals surface area contributed by atoms with Gasteiger partial charge in [0, 0.05) is 10.4 Å². The maximum absolute atomic E-state index is 13.3. The molecule has 0 bridgehead atoms. The zero-order valence-corrected chi connectivity index (χ0v) is 22.7. The van der Waals surface area contributed by atoms with Crippen molar-refractivity contribution in [3.8, 4) is 5.75 Å². The highest BCUT2D eigenvalue weighted by Crippen LogP contribution is 2.34. The molecule has 0 fully saturated rings. The summed E-state index contributed by atoms with van der Waals surface area (Å²) in [5.74, 6) is 1.04. The first-order chi connectivity index (χ1) is 16.8. The summed E-state index contributed by atoms with van der Waals surface area (Å²) in [6.07, 6.45) is 2.37. The second-order valence-corrected chi connectivity index (χ2v) is 10.1. The van der Waals surface area contributed by atoms with Gasteiger partial charge >= 0.3 is 0 Å². The first-order valence-corrected chi connectivity index (χ1v) is 12.8. The lowest BCUT2D eigenvalue weighted by atomic mass is 10.1. The summed E-state index contributed by atoms with van der Waals surface area (Å²) >= 11 is 16.4. The van der Waals surface area contributed by atoms with Crippen molar-refractivity contribution >= 4 is 56.2 Å². The predicted molar refractivity (Wildman–Crippen MR) is 147 cm³/mol. The lowest BCUT2D eigenvalue weighted by Gasteiger charge is -2.14. The molecule has 1 heterocycles. The third kappa shape index (κ3) is 5.77. The van der Waals surface area contributed by atoms with E-state index in [2.05, 4.69) is 21.0 Å². The number of benzene rings is 3. The van der Waals surface area contributed by atoms with E-state index in [4.69, 9.17) is 32.9 Å². The molecule has 0 aliphatic carbocycles. The van der Waals surface area contributed by atoms with E-state index in [1.54, 1.807) is 24.4 Å². The van der Waals surface area contributed by atoms with E-state index in [0.717, 1.165) is 22.0 Å². The van der Waals surface area contributed by atoms with Crippen LogP contribution in [-0.2, 0) is 6.61 Å². The maximum Gasteiger partial charge on any atom is 0.282 e. The fraction of sp³-hybridized carbons (Fsp3) is 0.222. The Morgan fingerprint density at radius 1 is 1.14 bits per heavy atom. The van der Waals surface area contributed by atoms with Crippen molar-refractivity contribution in [2.24, 2.45) is 5.10 Å². The molecule has 0 radical (unpaired) electrons. The van der Waals surface area contributed by atoms with E-state index < -0.39 is 0 Å².